The second-order valence-electron chi connectivity index (χ2n) is 6.37. The van der Waals surface area contributed by atoms with E-state index in [2.05, 4.69) is 15.6 Å². The van der Waals surface area contributed by atoms with Crippen molar-refractivity contribution in [1.82, 2.24) is 15.6 Å². The number of Topliss-reactive ketones (excluding diaryl/α,β-unsaturated/α-hetero) is 1. The highest BCUT2D eigenvalue weighted by atomic mass is 32.1. The summed E-state index contributed by atoms with van der Waals surface area (Å²) in [5.41, 5.74) is 12.2. The van der Waals surface area contributed by atoms with E-state index in [0.29, 0.717) is 30.0 Å². The van der Waals surface area contributed by atoms with E-state index in [4.69, 9.17) is 11.5 Å². The van der Waals surface area contributed by atoms with Crippen LogP contribution in [0.3, 0.4) is 0 Å². The summed E-state index contributed by atoms with van der Waals surface area (Å²) in [5, 5.41) is 6.15. The van der Waals surface area contributed by atoms with Gasteiger partial charge in [-0.2, -0.15) is 0 Å². The number of fused-ring (bicyclic) bond motifs is 1. The molecule has 0 saturated heterocycles. The van der Waals surface area contributed by atoms with Crippen LogP contribution in [-0.2, 0) is 0 Å². The first kappa shape index (κ1) is 20.1. The Bertz CT molecular complexity index is 909. The fourth-order valence-electron chi connectivity index (χ4n) is 2.80. The van der Waals surface area contributed by atoms with E-state index in [1.807, 2.05) is 30.3 Å². The Morgan fingerprint density at radius 1 is 1.04 bits per heavy atom. The summed E-state index contributed by atoms with van der Waals surface area (Å²) in [4.78, 5) is 30.1. The van der Waals surface area contributed by atoms with Crippen LogP contribution in [0.25, 0.3) is 10.2 Å². The molecule has 2 aromatic carbocycles. The van der Waals surface area contributed by atoms with Gasteiger partial charge in [-0.15, -0.1) is 11.3 Å². The van der Waals surface area contributed by atoms with E-state index in [1.165, 1.54) is 11.3 Å². The first-order valence-corrected chi connectivity index (χ1v) is 9.86. The molecule has 0 saturated carbocycles. The van der Waals surface area contributed by atoms with Gasteiger partial charge in [-0.1, -0.05) is 30.3 Å². The highest BCUT2D eigenvalue weighted by molar-refractivity contribution is 7.20. The van der Waals surface area contributed by atoms with Crippen molar-refractivity contribution in [3.8, 4) is 0 Å². The van der Waals surface area contributed by atoms with Crippen LogP contribution >= 0.6 is 11.3 Å². The standard InChI is InChI=1S/C20H23N5O2S/c21-20(22)23-12-6-10-15(24-18(27)13-7-2-1-3-8-13)17(26)19-25-14-9-4-5-11-16(14)28-19/h1-5,7-9,11,15,20,23H,6,10,12,21-22H2,(H,24,27)/t15-/m0/s1. The average Bonchev–Trinajstić information content (AvgIpc) is 3.14. The first-order chi connectivity index (χ1) is 13.5. The van der Waals surface area contributed by atoms with Crippen LogP contribution in [0, 0.1) is 0 Å². The first-order valence-electron chi connectivity index (χ1n) is 9.05. The number of carbonyl (C=O) groups excluding carboxylic acids is 2. The molecule has 7 nitrogen and oxygen atoms in total. The molecule has 0 aliphatic carbocycles. The summed E-state index contributed by atoms with van der Waals surface area (Å²) in [6.45, 7) is 0.544. The SMILES string of the molecule is NC(N)NCCC[C@H](NC(=O)c1ccccc1)C(=O)c1nc2ccccc2s1. The molecule has 0 aliphatic rings. The van der Waals surface area contributed by atoms with Gasteiger partial charge in [-0.3, -0.25) is 14.9 Å². The molecular weight excluding hydrogens is 374 g/mol. The second-order valence-corrected chi connectivity index (χ2v) is 7.40. The molecule has 1 atom stereocenters. The van der Waals surface area contributed by atoms with E-state index in [0.717, 1.165) is 10.2 Å². The molecule has 0 spiro atoms. The maximum Gasteiger partial charge on any atom is 0.251 e. The van der Waals surface area contributed by atoms with E-state index in [1.54, 1.807) is 24.3 Å². The highest BCUT2D eigenvalue weighted by Gasteiger charge is 2.25. The minimum absolute atomic E-state index is 0.192. The number of hydrogen-bond acceptors (Lipinski definition) is 7. The minimum atomic E-state index is -0.677. The third kappa shape index (κ3) is 5.20. The average molecular weight is 398 g/mol. The van der Waals surface area contributed by atoms with Crippen LogP contribution < -0.4 is 22.1 Å². The number of aromatic nitrogens is 1. The maximum atomic E-state index is 13.1. The van der Waals surface area contributed by atoms with Crippen LogP contribution in [0.4, 0.5) is 0 Å². The lowest BCUT2D eigenvalue weighted by Crippen LogP contribution is -2.46. The fourth-order valence-corrected chi connectivity index (χ4v) is 3.76. The van der Waals surface area contributed by atoms with Crippen LogP contribution in [0.2, 0.25) is 0 Å². The Balaban J connectivity index is 1.75. The molecular formula is C20H23N5O2S. The number of nitrogens with zero attached hydrogens (tertiary/aromatic N) is 1. The fraction of sp³-hybridized carbons (Fsp3) is 0.250. The monoisotopic (exact) mass is 397 g/mol. The molecule has 0 fully saturated rings. The Morgan fingerprint density at radius 2 is 1.75 bits per heavy atom. The topological polar surface area (TPSA) is 123 Å². The summed E-state index contributed by atoms with van der Waals surface area (Å²) < 4.78 is 0.940. The van der Waals surface area contributed by atoms with Crippen molar-refractivity contribution in [2.75, 3.05) is 6.54 Å². The van der Waals surface area contributed by atoms with Gasteiger partial charge in [0.05, 0.1) is 16.3 Å². The molecule has 0 radical (unpaired) electrons. The second kappa shape index (κ2) is 9.52. The Morgan fingerprint density at radius 3 is 2.46 bits per heavy atom. The van der Waals surface area contributed by atoms with Gasteiger partial charge in [-0.05, 0) is 43.7 Å². The zero-order chi connectivity index (χ0) is 19.9. The van der Waals surface area contributed by atoms with Gasteiger partial charge in [0.1, 0.15) is 6.29 Å². The summed E-state index contributed by atoms with van der Waals surface area (Å²) >= 11 is 1.33. The molecule has 0 bridgehead atoms. The Kier molecular flexibility index (Phi) is 6.83. The van der Waals surface area contributed by atoms with E-state index in [-0.39, 0.29) is 11.7 Å². The third-order valence-corrected chi connectivity index (χ3v) is 5.26. The number of ketones is 1. The normalized spacial score (nSPS) is 12.2. The summed E-state index contributed by atoms with van der Waals surface area (Å²) in [6.07, 6.45) is 0.464. The summed E-state index contributed by atoms with van der Waals surface area (Å²) in [5.74, 6) is -0.480. The van der Waals surface area contributed by atoms with Crippen molar-refractivity contribution >= 4 is 33.2 Å². The highest BCUT2D eigenvalue weighted by Crippen LogP contribution is 2.23. The maximum absolute atomic E-state index is 13.1. The minimum Gasteiger partial charge on any atom is -0.342 e. The predicted octanol–water partition coefficient (Wildman–Crippen LogP) is 1.85. The summed E-state index contributed by atoms with van der Waals surface area (Å²) in [7, 11) is 0. The Labute approximate surface area is 167 Å². The molecule has 0 aliphatic heterocycles. The number of amides is 1. The molecule has 3 rings (SSSR count). The molecule has 1 amide bonds. The van der Waals surface area contributed by atoms with Gasteiger partial charge >= 0.3 is 0 Å². The van der Waals surface area contributed by atoms with E-state index >= 15 is 0 Å². The Hall–Kier alpha value is -2.65. The molecule has 3 aromatic rings. The smallest absolute Gasteiger partial charge is 0.251 e. The van der Waals surface area contributed by atoms with Crippen molar-refractivity contribution in [3.63, 3.8) is 0 Å². The lowest BCUT2D eigenvalue weighted by Gasteiger charge is -2.17. The zero-order valence-electron chi connectivity index (χ0n) is 15.3. The molecule has 0 unspecified atom stereocenters. The van der Waals surface area contributed by atoms with Crippen LogP contribution in [0.15, 0.2) is 54.6 Å². The zero-order valence-corrected chi connectivity index (χ0v) is 16.1. The van der Waals surface area contributed by atoms with Gasteiger partial charge in [0.2, 0.25) is 5.78 Å². The number of hydrogen-bond donors (Lipinski definition) is 4. The lowest BCUT2D eigenvalue weighted by molar-refractivity contribution is 0.0851. The van der Waals surface area contributed by atoms with E-state index in [9.17, 15) is 9.59 Å². The van der Waals surface area contributed by atoms with Crippen molar-refractivity contribution < 1.29 is 9.59 Å². The lowest BCUT2D eigenvalue weighted by atomic mass is 10.1. The predicted molar refractivity (Wildman–Crippen MR) is 111 cm³/mol. The van der Waals surface area contributed by atoms with Gasteiger partial charge in [0.15, 0.2) is 5.01 Å². The molecule has 8 heteroatoms. The number of benzene rings is 2. The quantitative estimate of drug-likeness (QED) is 0.248. The molecule has 1 heterocycles. The van der Waals surface area contributed by atoms with E-state index < -0.39 is 12.3 Å². The number of thiazole rings is 1. The molecule has 1 aromatic heterocycles. The number of rotatable bonds is 9. The number of nitrogens with two attached hydrogens (primary N) is 2. The molecule has 146 valence electrons. The number of para-hydroxylation sites is 1. The largest absolute Gasteiger partial charge is 0.342 e. The van der Waals surface area contributed by atoms with Crippen molar-refractivity contribution in [1.29, 1.82) is 0 Å². The van der Waals surface area contributed by atoms with Gasteiger partial charge in [0.25, 0.3) is 5.91 Å². The van der Waals surface area contributed by atoms with Crippen molar-refractivity contribution in [3.05, 3.63) is 65.2 Å². The van der Waals surface area contributed by atoms with Crippen LogP contribution in [-0.4, -0.2) is 35.6 Å². The molecule has 6 N–H and O–H groups in total. The van der Waals surface area contributed by atoms with Gasteiger partial charge < -0.3 is 16.8 Å². The van der Waals surface area contributed by atoms with Crippen LogP contribution in [0.1, 0.15) is 33.0 Å². The molecule has 28 heavy (non-hydrogen) atoms. The summed E-state index contributed by atoms with van der Waals surface area (Å²) in [6, 6.07) is 15.7. The van der Waals surface area contributed by atoms with Gasteiger partial charge in [-0.25, -0.2) is 4.98 Å². The number of nitrogens with one attached hydrogen (secondary N) is 2. The number of carbonyl (C=O) groups is 2. The third-order valence-electron chi connectivity index (χ3n) is 4.21. The van der Waals surface area contributed by atoms with Crippen molar-refractivity contribution in [2.45, 2.75) is 25.2 Å². The van der Waals surface area contributed by atoms with Gasteiger partial charge in [0, 0.05) is 5.56 Å². The van der Waals surface area contributed by atoms with Crippen LogP contribution in [0.5, 0.6) is 0 Å². The van der Waals surface area contributed by atoms with Crippen molar-refractivity contribution in [2.24, 2.45) is 11.5 Å².